The molecule has 2 rings (SSSR count). The molecule has 2 aromatic carbocycles. The molecule has 0 aliphatic heterocycles. The minimum atomic E-state index is 0.140. The van der Waals surface area contributed by atoms with E-state index in [-0.39, 0.29) is 5.91 Å². The molecule has 0 N–H and O–H groups in total. The number of hydrogen-bond donors (Lipinski definition) is 0. The summed E-state index contributed by atoms with van der Waals surface area (Å²) in [5, 5.41) is 0. The number of carbonyl (C=O) groups is 1. The first-order valence-corrected chi connectivity index (χ1v) is 8.52. The van der Waals surface area contributed by atoms with Crippen LogP contribution >= 0.6 is 15.9 Å². The predicted octanol–water partition coefficient (Wildman–Crippen LogP) is 4.58. The average molecular weight is 376 g/mol. The summed E-state index contributed by atoms with van der Waals surface area (Å²) in [7, 11) is 1.84. The molecular formula is C19H22BrNO2. The number of halogens is 1. The molecule has 0 unspecified atom stereocenters. The molecule has 0 fully saturated rings. The van der Waals surface area contributed by atoms with Crippen molar-refractivity contribution in [1.29, 1.82) is 0 Å². The van der Waals surface area contributed by atoms with E-state index in [9.17, 15) is 4.79 Å². The Hall–Kier alpha value is -1.81. The van der Waals surface area contributed by atoms with Crippen molar-refractivity contribution < 1.29 is 9.53 Å². The quantitative estimate of drug-likeness (QED) is 0.663. The van der Waals surface area contributed by atoms with Gasteiger partial charge in [0.15, 0.2) is 0 Å². The summed E-state index contributed by atoms with van der Waals surface area (Å²) in [4.78, 5) is 13.9. The van der Waals surface area contributed by atoms with Crippen molar-refractivity contribution in [2.75, 3.05) is 13.7 Å². The summed E-state index contributed by atoms with van der Waals surface area (Å²) < 4.78 is 6.72. The van der Waals surface area contributed by atoms with Crippen LogP contribution in [0.25, 0.3) is 0 Å². The van der Waals surface area contributed by atoms with Gasteiger partial charge in [-0.3, -0.25) is 4.79 Å². The normalized spacial score (nSPS) is 10.4. The van der Waals surface area contributed by atoms with E-state index in [2.05, 4.69) is 15.9 Å². The number of amides is 1. The van der Waals surface area contributed by atoms with Crippen molar-refractivity contribution in [2.45, 2.75) is 26.3 Å². The first kappa shape index (κ1) is 17.5. The fourth-order valence-corrected chi connectivity index (χ4v) is 2.53. The first-order chi connectivity index (χ1) is 11.0. The third-order valence-electron chi connectivity index (χ3n) is 3.55. The summed E-state index contributed by atoms with van der Waals surface area (Å²) in [6, 6.07) is 16.0. The van der Waals surface area contributed by atoms with Crippen molar-refractivity contribution in [3.05, 3.63) is 64.1 Å². The molecule has 0 bridgehead atoms. The second kappa shape index (κ2) is 8.73. The second-order valence-corrected chi connectivity index (χ2v) is 6.56. The van der Waals surface area contributed by atoms with E-state index >= 15 is 0 Å². The van der Waals surface area contributed by atoms with Gasteiger partial charge >= 0.3 is 0 Å². The van der Waals surface area contributed by atoms with Crippen LogP contribution in [0.2, 0.25) is 0 Å². The van der Waals surface area contributed by atoms with Gasteiger partial charge in [0.1, 0.15) is 5.75 Å². The lowest BCUT2D eigenvalue weighted by Crippen LogP contribution is -2.26. The van der Waals surface area contributed by atoms with E-state index in [1.165, 1.54) is 5.56 Å². The fraction of sp³-hybridized carbons (Fsp3) is 0.316. The van der Waals surface area contributed by atoms with Gasteiger partial charge in [-0.15, -0.1) is 0 Å². The molecule has 0 aliphatic carbocycles. The van der Waals surface area contributed by atoms with Crippen molar-refractivity contribution in [1.82, 2.24) is 4.90 Å². The van der Waals surface area contributed by atoms with E-state index in [4.69, 9.17) is 4.74 Å². The molecule has 0 aliphatic rings. The smallest absolute Gasteiger partial charge is 0.222 e. The monoisotopic (exact) mass is 375 g/mol. The summed E-state index contributed by atoms with van der Waals surface area (Å²) >= 11 is 3.41. The van der Waals surface area contributed by atoms with E-state index in [1.807, 2.05) is 62.5 Å². The molecule has 0 spiro atoms. The molecule has 1 amide bonds. The van der Waals surface area contributed by atoms with Gasteiger partial charge in [-0.2, -0.15) is 0 Å². The van der Waals surface area contributed by atoms with Crippen LogP contribution in [0.5, 0.6) is 5.75 Å². The molecule has 4 heteroatoms. The van der Waals surface area contributed by atoms with Gasteiger partial charge in [0, 0.05) is 24.5 Å². The van der Waals surface area contributed by atoms with Gasteiger partial charge in [-0.25, -0.2) is 0 Å². The Balaban J connectivity index is 1.70. The van der Waals surface area contributed by atoms with Gasteiger partial charge in [0.2, 0.25) is 5.91 Å². The SMILES string of the molecule is Cc1cccc(OCCCC(=O)N(C)Cc2ccc(Br)cc2)c1. The highest BCUT2D eigenvalue weighted by atomic mass is 79.9. The number of ether oxygens (including phenoxy) is 1. The van der Waals surface area contributed by atoms with Crippen LogP contribution in [0.1, 0.15) is 24.0 Å². The molecule has 0 heterocycles. The molecule has 0 saturated carbocycles. The van der Waals surface area contributed by atoms with Crippen LogP contribution in [0.4, 0.5) is 0 Å². The minimum Gasteiger partial charge on any atom is -0.494 e. The second-order valence-electron chi connectivity index (χ2n) is 5.64. The standard InChI is InChI=1S/C19H22BrNO2/c1-15-5-3-6-18(13-15)23-12-4-7-19(22)21(2)14-16-8-10-17(20)11-9-16/h3,5-6,8-11,13H,4,7,12,14H2,1-2H3. The number of carbonyl (C=O) groups excluding carboxylic acids is 1. The average Bonchev–Trinajstić information content (AvgIpc) is 2.53. The molecule has 0 aromatic heterocycles. The van der Waals surface area contributed by atoms with Gasteiger partial charge < -0.3 is 9.64 Å². The first-order valence-electron chi connectivity index (χ1n) is 7.72. The Kier molecular flexibility index (Phi) is 6.66. The summed E-state index contributed by atoms with van der Waals surface area (Å²) in [6.07, 6.45) is 1.22. The van der Waals surface area contributed by atoms with Crippen LogP contribution in [0.3, 0.4) is 0 Å². The summed E-state index contributed by atoms with van der Waals surface area (Å²) in [5.41, 5.74) is 2.30. The minimum absolute atomic E-state index is 0.140. The van der Waals surface area contributed by atoms with E-state index in [0.717, 1.165) is 22.2 Å². The number of hydrogen-bond acceptors (Lipinski definition) is 2. The highest BCUT2D eigenvalue weighted by molar-refractivity contribution is 9.10. The van der Waals surface area contributed by atoms with Crippen molar-refractivity contribution in [3.63, 3.8) is 0 Å². The zero-order chi connectivity index (χ0) is 16.7. The van der Waals surface area contributed by atoms with E-state index < -0.39 is 0 Å². The molecule has 122 valence electrons. The highest BCUT2D eigenvalue weighted by Crippen LogP contribution is 2.14. The van der Waals surface area contributed by atoms with E-state index in [1.54, 1.807) is 4.90 Å². The largest absolute Gasteiger partial charge is 0.494 e. The maximum absolute atomic E-state index is 12.1. The zero-order valence-corrected chi connectivity index (χ0v) is 15.2. The van der Waals surface area contributed by atoms with Crippen molar-refractivity contribution in [3.8, 4) is 5.75 Å². The molecule has 0 atom stereocenters. The Morgan fingerprint density at radius 3 is 2.61 bits per heavy atom. The molecule has 3 nitrogen and oxygen atoms in total. The molecular weight excluding hydrogens is 354 g/mol. The van der Waals surface area contributed by atoms with Crippen LogP contribution in [0.15, 0.2) is 53.0 Å². The number of aryl methyl sites for hydroxylation is 1. The van der Waals surface area contributed by atoms with Crippen molar-refractivity contribution >= 4 is 21.8 Å². The van der Waals surface area contributed by atoms with E-state index in [0.29, 0.717) is 19.6 Å². The third-order valence-corrected chi connectivity index (χ3v) is 4.08. The Bertz CT molecular complexity index is 640. The fourth-order valence-electron chi connectivity index (χ4n) is 2.26. The van der Waals surface area contributed by atoms with Gasteiger partial charge in [0.25, 0.3) is 0 Å². The third kappa shape index (κ3) is 6.06. The zero-order valence-electron chi connectivity index (χ0n) is 13.6. The summed E-state index contributed by atoms with van der Waals surface area (Å²) in [5.74, 6) is 1.00. The molecule has 0 radical (unpaired) electrons. The van der Waals surface area contributed by atoms with Gasteiger partial charge in [-0.1, -0.05) is 40.2 Å². The summed E-state index contributed by atoms with van der Waals surface area (Å²) in [6.45, 7) is 3.22. The number of benzene rings is 2. The van der Waals surface area contributed by atoms with Gasteiger partial charge in [0.05, 0.1) is 6.61 Å². The maximum Gasteiger partial charge on any atom is 0.222 e. The van der Waals surface area contributed by atoms with Crippen LogP contribution in [-0.2, 0) is 11.3 Å². The molecule has 0 saturated heterocycles. The van der Waals surface area contributed by atoms with Crippen LogP contribution < -0.4 is 4.74 Å². The lowest BCUT2D eigenvalue weighted by atomic mass is 10.2. The molecule has 2 aromatic rings. The number of nitrogens with zero attached hydrogens (tertiary/aromatic N) is 1. The number of rotatable bonds is 7. The Labute approximate surface area is 146 Å². The van der Waals surface area contributed by atoms with Crippen LogP contribution in [-0.4, -0.2) is 24.5 Å². The predicted molar refractivity (Wildman–Crippen MR) is 96.5 cm³/mol. The lowest BCUT2D eigenvalue weighted by Gasteiger charge is -2.17. The highest BCUT2D eigenvalue weighted by Gasteiger charge is 2.09. The van der Waals surface area contributed by atoms with Gasteiger partial charge in [-0.05, 0) is 48.7 Å². The maximum atomic E-state index is 12.1. The lowest BCUT2D eigenvalue weighted by molar-refractivity contribution is -0.130. The topological polar surface area (TPSA) is 29.5 Å². The Morgan fingerprint density at radius 2 is 1.91 bits per heavy atom. The van der Waals surface area contributed by atoms with Crippen molar-refractivity contribution in [2.24, 2.45) is 0 Å². The molecule has 23 heavy (non-hydrogen) atoms. The van der Waals surface area contributed by atoms with Crippen LogP contribution in [0, 0.1) is 6.92 Å². The Morgan fingerprint density at radius 1 is 1.17 bits per heavy atom.